The molecule has 0 N–H and O–H groups in total. The average molecular weight is 603 g/mol. The van der Waals surface area contributed by atoms with Gasteiger partial charge in [-0.1, -0.05) is 61.6 Å². The summed E-state index contributed by atoms with van der Waals surface area (Å²) in [6.07, 6.45) is 0. The van der Waals surface area contributed by atoms with Gasteiger partial charge in [0, 0.05) is 32.2 Å². The second-order valence-corrected chi connectivity index (χ2v) is 12.1. The third-order valence-corrected chi connectivity index (χ3v) is 9.52. The molecule has 0 bridgehead atoms. The third-order valence-electron chi connectivity index (χ3n) is 6.66. The van der Waals surface area contributed by atoms with Gasteiger partial charge in [-0.15, -0.1) is 12.4 Å². The maximum atomic E-state index is 13.8. The van der Waals surface area contributed by atoms with E-state index in [1.165, 1.54) is 27.8 Å². The van der Waals surface area contributed by atoms with E-state index >= 15 is 0 Å². The van der Waals surface area contributed by atoms with E-state index in [0.29, 0.717) is 35.1 Å². The Labute approximate surface area is 246 Å². The number of benzene rings is 3. The Bertz CT molecular complexity index is 1510. The molecule has 0 unspecified atom stereocenters. The molecule has 40 heavy (non-hydrogen) atoms. The summed E-state index contributed by atoms with van der Waals surface area (Å²) >= 11 is 1.43. The number of hydrogen-bond acceptors (Lipinski definition) is 7. The molecule has 1 heterocycles. The first kappa shape index (κ1) is 31.5. The Morgan fingerprint density at radius 2 is 1.60 bits per heavy atom. The number of carbonyl (C=O) groups excluding carboxylic acids is 1. The van der Waals surface area contributed by atoms with Crippen LogP contribution in [0.4, 0.5) is 5.13 Å². The van der Waals surface area contributed by atoms with E-state index < -0.39 is 10.0 Å². The molecule has 0 atom stereocenters. The van der Waals surface area contributed by atoms with E-state index in [1.54, 1.807) is 31.2 Å². The van der Waals surface area contributed by atoms with Crippen LogP contribution in [-0.4, -0.2) is 68.9 Å². The first-order valence-electron chi connectivity index (χ1n) is 12.9. The molecule has 0 aliphatic carbocycles. The summed E-state index contributed by atoms with van der Waals surface area (Å²) < 4.78 is 34.1. The topological polar surface area (TPSA) is 83.1 Å². The van der Waals surface area contributed by atoms with Crippen LogP contribution in [0.1, 0.15) is 29.8 Å². The Balaban J connectivity index is 0.00000441. The summed E-state index contributed by atoms with van der Waals surface area (Å²) in [6, 6.07) is 21.3. The number of ether oxygens (including phenoxy) is 1. The molecule has 214 valence electrons. The summed E-state index contributed by atoms with van der Waals surface area (Å²) in [5.74, 6) is 0.419. The van der Waals surface area contributed by atoms with Crippen molar-refractivity contribution in [2.75, 3.05) is 45.2 Å². The molecule has 11 heteroatoms. The van der Waals surface area contributed by atoms with Gasteiger partial charge < -0.3 is 9.64 Å². The van der Waals surface area contributed by atoms with Crippen LogP contribution in [0, 0.1) is 0 Å². The van der Waals surface area contributed by atoms with E-state index in [9.17, 15) is 13.2 Å². The highest BCUT2D eigenvalue weighted by Crippen LogP contribution is 2.34. The number of sulfonamides is 1. The Morgan fingerprint density at radius 1 is 0.925 bits per heavy atom. The van der Waals surface area contributed by atoms with Gasteiger partial charge in [0.15, 0.2) is 5.13 Å². The highest BCUT2D eigenvalue weighted by Gasteiger charge is 2.25. The Hall–Kier alpha value is -3.02. The normalized spacial score (nSPS) is 11.6. The summed E-state index contributed by atoms with van der Waals surface area (Å²) in [7, 11) is -0.573. The number of amides is 1. The zero-order valence-corrected chi connectivity index (χ0v) is 25.6. The number of anilines is 1. The van der Waals surface area contributed by atoms with Gasteiger partial charge in [0.2, 0.25) is 10.0 Å². The number of fused-ring (bicyclic) bond motifs is 1. The van der Waals surface area contributed by atoms with Gasteiger partial charge >= 0.3 is 0 Å². The molecule has 1 amide bonds. The fourth-order valence-corrected chi connectivity index (χ4v) is 6.45. The van der Waals surface area contributed by atoms with Crippen molar-refractivity contribution in [3.63, 3.8) is 0 Å². The molecule has 0 spiro atoms. The van der Waals surface area contributed by atoms with Gasteiger partial charge in [-0.05, 0) is 55.1 Å². The third kappa shape index (κ3) is 7.00. The number of hydrogen-bond donors (Lipinski definition) is 0. The van der Waals surface area contributed by atoms with Crippen molar-refractivity contribution in [2.24, 2.45) is 0 Å². The highest BCUT2D eigenvalue weighted by molar-refractivity contribution is 7.89. The lowest BCUT2D eigenvalue weighted by Gasteiger charge is -2.25. The van der Waals surface area contributed by atoms with Gasteiger partial charge in [0.25, 0.3) is 5.91 Å². The van der Waals surface area contributed by atoms with E-state index in [1.807, 2.05) is 48.5 Å². The van der Waals surface area contributed by atoms with Crippen molar-refractivity contribution in [3.05, 3.63) is 83.9 Å². The molecule has 0 fully saturated rings. The zero-order valence-electron chi connectivity index (χ0n) is 23.1. The van der Waals surface area contributed by atoms with Crippen molar-refractivity contribution >= 4 is 55.0 Å². The molecule has 0 saturated heterocycles. The SMILES string of the molecule is CCN(CC)CCN(C(=O)c1ccc(S(=O)(=O)N(C)Cc2ccccc2)cc1)c1nc2c(OC)cccc2s1.Cl. The number of aromatic nitrogens is 1. The minimum absolute atomic E-state index is 0. The van der Waals surface area contributed by atoms with Crippen LogP contribution in [0.15, 0.2) is 77.7 Å². The first-order chi connectivity index (χ1) is 18.8. The average Bonchev–Trinajstić information content (AvgIpc) is 3.40. The zero-order chi connectivity index (χ0) is 28.0. The molecule has 0 saturated carbocycles. The lowest BCUT2D eigenvalue weighted by Crippen LogP contribution is -2.38. The van der Waals surface area contributed by atoms with Crippen molar-refractivity contribution in [2.45, 2.75) is 25.3 Å². The van der Waals surface area contributed by atoms with Crippen LogP contribution in [0.2, 0.25) is 0 Å². The van der Waals surface area contributed by atoms with Crippen molar-refractivity contribution in [1.82, 2.24) is 14.2 Å². The minimum atomic E-state index is -3.73. The van der Waals surface area contributed by atoms with Gasteiger partial charge in [0.1, 0.15) is 11.3 Å². The predicted octanol–water partition coefficient (Wildman–Crippen LogP) is 5.54. The Kier molecular flexibility index (Phi) is 11.1. The molecule has 8 nitrogen and oxygen atoms in total. The molecule has 0 aliphatic heterocycles. The van der Waals surface area contributed by atoms with Gasteiger partial charge in [-0.2, -0.15) is 4.31 Å². The molecular formula is C29H35ClN4O4S2. The van der Waals surface area contributed by atoms with Crippen LogP contribution in [0.3, 0.4) is 0 Å². The smallest absolute Gasteiger partial charge is 0.260 e. The first-order valence-corrected chi connectivity index (χ1v) is 15.1. The largest absolute Gasteiger partial charge is 0.494 e. The second-order valence-electron chi connectivity index (χ2n) is 9.06. The molecule has 3 aromatic carbocycles. The maximum absolute atomic E-state index is 13.8. The van der Waals surface area contributed by atoms with Crippen LogP contribution in [-0.2, 0) is 16.6 Å². The monoisotopic (exact) mass is 602 g/mol. The fraction of sp³-hybridized carbons (Fsp3) is 0.310. The van der Waals surface area contributed by atoms with Crippen LogP contribution >= 0.6 is 23.7 Å². The molecular weight excluding hydrogens is 568 g/mol. The number of rotatable bonds is 12. The number of likely N-dealkylation sites (N-methyl/N-ethyl adjacent to an activating group) is 1. The summed E-state index contributed by atoms with van der Waals surface area (Å²) in [5, 5.41) is 0.575. The molecule has 4 aromatic rings. The summed E-state index contributed by atoms with van der Waals surface area (Å²) in [5.41, 5.74) is 2.00. The number of thiazole rings is 1. The van der Waals surface area contributed by atoms with Crippen LogP contribution < -0.4 is 9.64 Å². The molecule has 1 aromatic heterocycles. The number of nitrogens with zero attached hydrogens (tertiary/aromatic N) is 4. The standard InChI is InChI=1S/C29H34N4O4S2.ClH/c1-5-32(6-2)19-20-33(29-30-27-25(37-4)13-10-14-26(27)38-29)28(34)23-15-17-24(18-16-23)39(35,36)31(3)21-22-11-8-7-9-12-22;/h7-18H,5-6,19-21H2,1-4H3;1H. The maximum Gasteiger partial charge on any atom is 0.260 e. The molecule has 4 rings (SSSR count). The molecule has 0 aliphatic rings. The van der Waals surface area contributed by atoms with Gasteiger partial charge in [0.05, 0.1) is 16.7 Å². The number of methoxy groups -OCH3 is 1. The van der Waals surface area contributed by atoms with Gasteiger partial charge in [-0.25, -0.2) is 13.4 Å². The lowest BCUT2D eigenvalue weighted by atomic mass is 10.2. The number of halogens is 1. The van der Waals surface area contributed by atoms with Crippen molar-refractivity contribution < 1.29 is 17.9 Å². The number of carbonyl (C=O) groups is 1. The predicted molar refractivity (Wildman–Crippen MR) is 164 cm³/mol. The van der Waals surface area contributed by atoms with E-state index in [2.05, 4.69) is 18.7 Å². The quantitative estimate of drug-likeness (QED) is 0.212. The second kappa shape index (κ2) is 14.0. The Morgan fingerprint density at radius 3 is 2.23 bits per heavy atom. The summed E-state index contributed by atoms with van der Waals surface area (Å²) in [6.45, 7) is 7.30. The molecule has 0 radical (unpaired) electrons. The number of para-hydroxylation sites is 1. The van der Waals surface area contributed by atoms with Gasteiger partial charge in [-0.3, -0.25) is 9.69 Å². The minimum Gasteiger partial charge on any atom is -0.494 e. The van der Waals surface area contributed by atoms with E-state index in [0.717, 1.165) is 23.4 Å². The van der Waals surface area contributed by atoms with Crippen LogP contribution in [0.5, 0.6) is 5.75 Å². The van der Waals surface area contributed by atoms with E-state index in [-0.39, 0.29) is 29.8 Å². The van der Waals surface area contributed by atoms with Crippen molar-refractivity contribution in [3.8, 4) is 5.75 Å². The summed E-state index contributed by atoms with van der Waals surface area (Å²) in [4.78, 5) is 22.6. The lowest BCUT2D eigenvalue weighted by molar-refractivity contribution is 0.0983. The highest BCUT2D eigenvalue weighted by atomic mass is 35.5. The van der Waals surface area contributed by atoms with Crippen molar-refractivity contribution in [1.29, 1.82) is 0 Å². The van der Waals surface area contributed by atoms with Crippen LogP contribution in [0.25, 0.3) is 10.2 Å². The van der Waals surface area contributed by atoms with E-state index in [4.69, 9.17) is 9.72 Å². The fourth-order valence-electron chi connectivity index (χ4n) is 4.29.